The Morgan fingerprint density at radius 2 is 1.77 bits per heavy atom. The lowest BCUT2D eigenvalue weighted by Crippen LogP contribution is -2.46. The lowest BCUT2D eigenvalue weighted by Gasteiger charge is -2.34. The number of benzene rings is 1. The number of halogens is 3. The van der Waals surface area contributed by atoms with Crippen LogP contribution in [0.5, 0.6) is 0 Å². The monoisotopic (exact) mass is 315 g/mol. The van der Waals surface area contributed by atoms with Crippen molar-refractivity contribution in [2.75, 3.05) is 32.7 Å². The first-order valence-corrected chi connectivity index (χ1v) is 7.26. The van der Waals surface area contributed by atoms with Gasteiger partial charge in [0.1, 0.15) is 0 Å². The number of likely N-dealkylation sites (N-methyl/N-ethyl adjacent to an activating group) is 1. The van der Waals surface area contributed by atoms with Crippen molar-refractivity contribution in [3.8, 4) is 0 Å². The minimum absolute atomic E-state index is 0.0209. The molecule has 2 N–H and O–H groups in total. The number of nitrogens with zero attached hydrogens (tertiary/aromatic N) is 2. The molecule has 0 aromatic heterocycles. The number of carbonyl (C=O) groups is 1. The van der Waals surface area contributed by atoms with Crippen LogP contribution in [-0.4, -0.2) is 48.4 Å². The zero-order valence-corrected chi connectivity index (χ0v) is 12.5. The fourth-order valence-electron chi connectivity index (χ4n) is 2.74. The summed E-state index contributed by atoms with van der Waals surface area (Å²) in [5.41, 5.74) is 4.40. The Bertz CT molecular complexity index is 537. The first-order chi connectivity index (χ1) is 10.3. The molecule has 0 saturated carbocycles. The molecule has 1 fully saturated rings. The average molecular weight is 315 g/mol. The second-order valence-electron chi connectivity index (χ2n) is 5.40. The summed E-state index contributed by atoms with van der Waals surface area (Å²) in [6.45, 7) is 6.06. The maximum absolute atomic E-state index is 13.2. The van der Waals surface area contributed by atoms with Gasteiger partial charge in [-0.2, -0.15) is 13.2 Å². The van der Waals surface area contributed by atoms with E-state index in [9.17, 15) is 18.0 Å². The van der Waals surface area contributed by atoms with Crippen molar-refractivity contribution in [1.29, 1.82) is 0 Å². The Hall–Kier alpha value is -1.60. The Kier molecular flexibility index (Phi) is 5.08. The van der Waals surface area contributed by atoms with Crippen LogP contribution in [0.4, 0.5) is 13.2 Å². The Morgan fingerprint density at radius 1 is 1.18 bits per heavy atom. The first-order valence-electron chi connectivity index (χ1n) is 7.26. The predicted molar refractivity (Wildman–Crippen MR) is 77.4 cm³/mol. The van der Waals surface area contributed by atoms with E-state index in [2.05, 4.69) is 11.8 Å². The third-order valence-electron chi connectivity index (χ3n) is 4.04. The number of alkyl halides is 3. The highest BCUT2D eigenvalue weighted by Crippen LogP contribution is 2.34. The SMILES string of the molecule is CCN1CCN(Cc2c(C(N)=O)cccc2C(F)(F)F)CC1. The van der Waals surface area contributed by atoms with Gasteiger partial charge in [-0.05, 0) is 24.2 Å². The smallest absolute Gasteiger partial charge is 0.366 e. The molecule has 1 heterocycles. The summed E-state index contributed by atoms with van der Waals surface area (Å²) < 4.78 is 39.6. The van der Waals surface area contributed by atoms with E-state index in [0.717, 1.165) is 25.7 Å². The van der Waals surface area contributed by atoms with Crippen LogP contribution in [-0.2, 0) is 12.7 Å². The number of nitrogens with two attached hydrogens (primary N) is 1. The second-order valence-corrected chi connectivity index (χ2v) is 5.40. The molecule has 0 spiro atoms. The van der Waals surface area contributed by atoms with Gasteiger partial charge in [-0.15, -0.1) is 0 Å². The lowest BCUT2D eigenvalue weighted by molar-refractivity contribution is -0.138. The quantitative estimate of drug-likeness (QED) is 0.924. The van der Waals surface area contributed by atoms with E-state index in [1.54, 1.807) is 0 Å². The minimum Gasteiger partial charge on any atom is -0.366 e. The molecule has 1 saturated heterocycles. The highest BCUT2D eigenvalue weighted by Gasteiger charge is 2.35. The molecule has 1 aromatic carbocycles. The summed E-state index contributed by atoms with van der Waals surface area (Å²) in [5, 5.41) is 0. The molecule has 0 atom stereocenters. The summed E-state index contributed by atoms with van der Waals surface area (Å²) in [5.74, 6) is -0.826. The molecule has 1 aliphatic rings. The largest absolute Gasteiger partial charge is 0.416 e. The Morgan fingerprint density at radius 3 is 2.27 bits per heavy atom. The lowest BCUT2D eigenvalue weighted by atomic mass is 9.99. The fraction of sp³-hybridized carbons (Fsp3) is 0.533. The van der Waals surface area contributed by atoms with Gasteiger partial charge in [0.25, 0.3) is 0 Å². The predicted octanol–water partition coefficient (Wildman–Crippen LogP) is 1.94. The minimum atomic E-state index is -4.49. The van der Waals surface area contributed by atoms with Crippen molar-refractivity contribution in [3.05, 3.63) is 34.9 Å². The number of rotatable bonds is 4. The van der Waals surface area contributed by atoms with Gasteiger partial charge in [0.15, 0.2) is 0 Å². The van der Waals surface area contributed by atoms with E-state index in [0.29, 0.717) is 13.1 Å². The molecule has 1 aromatic rings. The Labute approximate surface area is 127 Å². The first kappa shape index (κ1) is 16.8. The topological polar surface area (TPSA) is 49.6 Å². The van der Waals surface area contributed by atoms with Gasteiger partial charge >= 0.3 is 6.18 Å². The van der Waals surface area contributed by atoms with E-state index in [4.69, 9.17) is 5.73 Å². The van der Waals surface area contributed by atoms with Gasteiger partial charge in [-0.3, -0.25) is 9.69 Å². The molecule has 1 aliphatic heterocycles. The van der Waals surface area contributed by atoms with Crippen LogP contribution in [0.3, 0.4) is 0 Å². The van der Waals surface area contributed by atoms with Crippen molar-refractivity contribution in [1.82, 2.24) is 9.80 Å². The molecular weight excluding hydrogens is 295 g/mol. The molecule has 0 aliphatic carbocycles. The third kappa shape index (κ3) is 3.78. The number of amides is 1. The Balaban J connectivity index is 2.27. The zero-order chi connectivity index (χ0) is 16.3. The van der Waals surface area contributed by atoms with Crippen molar-refractivity contribution >= 4 is 5.91 Å². The van der Waals surface area contributed by atoms with E-state index in [-0.39, 0.29) is 17.7 Å². The average Bonchev–Trinajstić information content (AvgIpc) is 2.47. The molecule has 122 valence electrons. The van der Waals surface area contributed by atoms with Crippen LogP contribution in [0.1, 0.15) is 28.4 Å². The van der Waals surface area contributed by atoms with Crippen molar-refractivity contribution in [2.45, 2.75) is 19.6 Å². The van der Waals surface area contributed by atoms with Crippen molar-refractivity contribution in [2.24, 2.45) is 5.73 Å². The molecule has 0 unspecified atom stereocenters. The van der Waals surface area contributed by atoms with E-state index in [1.807, 2.05) is 4.90 Å². The van der Waals surface area contributed by atoms with Crippen LogP contribution in [0.15, 0.2) is 18.2 Å². The molecule has 4 nitrogen and oxygen atoms in total. The zero-order valence-electron chi connectivity index (χ0n) is 12.5. The van der Waals surface area contributed by atoms with Crippen molar-refractivity contribution in [3.63, 3.8) is 0 Å². The molecular formula is C15H20F3N3O. The van der Waals surface area contributed by atoms with Crippen LogP contribution in [0.25, 0.3) is 0 Å². The van der Waals surface area contributed by atoms with E-state index >= 15 is 0 Å². The summed E-state index contributed by atoms with van der Waals surface area (Å²) in [6.07, 6.45) is -4.49. The van der Waals surface area contributed by atoms with Gasteiger partial charge in [-0.1, -0.05) is 13.0 Å². The summed E-state index contributed by atoms with van der Waals surface area (Å²) >= 11 is 0. The highest BCUT2D eigenvalue weighted by atomic mass is 19.4. The molecule has 0 radical (unpaired) electrons. The van der Waals surface area contributed by atoms with Gasteiger partial charge in [-0.25, -0.2) is 0 Å². The summed E-state index contributed by atoms with van der Waals surface area (Å²) in [7, 11) is 0. The van der Waals surface area contributed by atoms with E-state index < -0.39 is 17.6 Å². The highest BCUT2D eigenvalue weighted by molar-refractivity contribution is 5.94. The third-order valence-corrected chi connectivity index (χ3v) is 4.04. The second kappa shape index (κ2) is 6.66. The number of hydrogen-bond donors (Lipinski definition) is 1. The fourth-order valence-corrected chi connectivity index (χ4v) is 2.74. The van der Waals surface area contributed by atoms with E-state index in [1.165, 1.54) is 12.1 Å². The van der Waals surface area contributed by atoms with Gasteiger partial charge in [0.05, 0.1) is 5.56 Å². The summed E-state index contributed by atoms with van der Waals surface area (Å²) in [6, 6.07) is 3.58. The number of carbonyl (C=O) groups excluding carboxylic acids is 1. The number of piperazine rings is 1. The van der Waals surface area contributed by atoms with Gasteiger partial charge in [0, 0.05) is 38.3 Å². The van der Waals surface area contributed by atoms with Crippen LogP contribution >= 0.6 is 0 Å². The molecule has 22 heavy (non-hydrogen) atoms. The maximum Gasteiger partial charge on any atom is 0.416 e. The van der Waals surface area contributed by atoms with Crippen LogP contribution in [0, 0.1) is 0 Å². The summed E-state index contributed by atoms with van der Waals surface area (Å²) in [4.78, 5) is 15.6. The van der Waals surface area contributed by atoms with Gasteiger partial charge < -0.3 is 10.6 Å². The molecule has 2 rings (SSSR count). The van der Waals surface area contributed by atoms with Crippen molar-refractivity contribution < 1.29 is 18.0 Å². The normalized spacial score (nSPS) is 17.6. The molecule has 0 bridgehead atoms. The molecule has 1 amide bonds. The van der Waals surface area contributed by atoms with Gasteiger partial charge in [0.2, 0.25) is 5.91 Å². The number of primary amides is 1. The molecule has 7 heteroatoms. The standard InChI is InChI=1S/C15H20F3N3O/c1-2-20-6-8-21(9-7-20)10-12-11(14(19)22)4-3-5-13(12)15(16,17)18/h3-5H,2,6-10H2,1H3,(H2,19,22). The number of hydrogen-bond acceptors (Lipinski definition) is 3. The van der Waals surface area contributed by atoms with Crippen LogP contribution < -0.4 is 5.73 Å². The van der Waals surface area contributed by atoms with Crippen LogP contribution in [0.2, 0.25) is 0 Å². The maximum atomic E-state index is 13.2.